The molecule has 34 nitrogen and oxygen atoms in total. The molecule has 12 N–H and O–H groups in total. The highest BCUT2D eigenvalue weighted by molar-refractivity contribution is 5.96. The minimum atomic E-state index is -2.64. The zero-order valence-electron chi connectivity index (χ0n) is 87.4. The number of carbonyl (C=O) groups is 15. The van der Waals surface area contributed by atoms with E-state index in [1.54, 1.807) is 112 Å². The number of unbranched alkanes of at least 4 members (excludes halogenated alkanes) is 24. The van der Waals surface area contributed by atoms with Gasteiger partial charge in [0.05, 0.1) is 51.8 Å². The topological polar surface area (TPSA) is 534 Å². The molecule has 0 fully saturated rings. The summed E-state index contributed by atoms with van der Waals surface area (Å²) in [5.74, 6) is 2.49. The van der Waals surface area contributed by atoms with Gasteiger partial charge in [0.2, 0.25) is 17.7 Å². The van der Waals surface area contributed by atoms with E-state index in [1.807, 2.05) is 0 Å². The second-order valence-electron chi connectivity index (χ2n) is 35.7. The number of amides is 4. The van der Waals surface area contributed by atoms with Gasteiger partial charge >= 0.3 is 47.9 Å². The fourth-order valence-electron chi connectivity index (χ4n) is 15.4. The quantitative estimate of drug-likeness (QED) is 0.00822. The van der Waals surface area contributed by atoms with Crippen molar-refractivity contribution in [3.8, 4) is 52.8 Å². The van der Waals surface area contributed by atoms with Crippen LogP contribution in [0.3, 0.4) is 0 Å². The maximum atomic E-state index is 13.6. The molecular weight excluding hydrogens is 1890 g/mol. The number of ether oxygens (including phenoxy) is 8. The molecule has 0 radical (unpaired) electrons. The molecule has 0 saturated carbocycles. The first-order valence-corrected chi connectivity index (χ1v) is 51.1. The van der Waals surface area contributed by atoms with Crippen LogP contribution in [0, 0.1) is 53.3 Å². The molecule has 34 heteroatoms. The van der Waals surface area contributed by atoms with E-state index < -0.39 is 163 Å². The van der Waals surface area contributed by atoms with Crippen LogP contribution >= 0.6 is 0 Å². The highest BCUT2D eigenvalue weighted by Crippen LogP contribution is 2.31. The smallest absolute Gasteiger partial charge is 0.481 e. The van der Waals surface area contributed by atoms with Gasteiger partial charge in [0.15, 0.2) is 16.8 Å². The number of allylic oxidation sites excluding steroid dienone is 3. The van der Waals surface area contributed by atoms with Crippen molar-refractivity contribution in [3.63, 3.8) is 0 Å². The van der Waals surface area contributed by atoms with E-state index >= 15 is 0 Å². The first-order valence-electron chi connectivity index (χ1n) is 51.1. The number of benzene rings is 3. The summed E-state index contributed by atoms with van der Waals surface area (Å²) in [5.41, 5.74) is -0.484. The van der Waals surface area contributed by atoms with E-state index in [0.717, 1.165) is 129 Å². The lowest BCUT2D eigenvalue weighted by molar-refractivity contribution is -0.170. The van der Waals surface area contributed by atoms with Gasteiger partial charge in [0.25, 0.3) is 5.91 Å². The zero-order chi connectivity index (χ0) is 109. The molecule has 0 bridgehead atoms. The van der Waals surface area contributed by atoms with Crippen LogP contribution in [0.1, 0.15) is 330 Å². The van der Waals surface area contributed by atoms with Crippen molar-refractivity contribution in [2.75, 3.05) is 53.9 Å². The molecule has 0 spiro atoms. The lowest BCUT2D eigenvalue weighted by Crippen LogP contribution is -2.57. The number of Topliss-reactive ketones (excluding diaryl/α,β-unsaturated/α-hetero) is 3. The molecule has 0 aromatic heterocycles. The monoisotopic (exact) mass is 2060 g/mol. The Morgan fingerprint density at radius 3 is 0.857 bits per heavy atom. The Kier molecular flexibility index (Phi) is 74.4. The van der Waals surface area contributed by atoms with Crippen LogP contribution in [0.15, 0.2) is 109 Å². The number of hydrogen-bond acceptors (Lipinski definition) is 26. The molecule has 0 unspecified atom stereocenters. The maximum absolute atomic E-state index is 13.6. The molecule has 3 aromatic rings. The Hall–Kier alpha value is -12.7. The Morgan fingerprint density at radius 1 is 0.361 bits per heavy atom. The number of nitrogens with two attached hydrogens (primary N) is 1. The van der Waals surface area contributed by atoms with Crippen LogP contribution in [0.25, 0.3) is 0 Å². The van der Waals surface area contributed by atoms with E-state index in [2.05, 4.69) is 77.0 Å². The van der Waals surface area contributed by atoms with E-state index in [0.29, 0.717) is 110 Å². The number of methoxy groups -OCH3 is 2. The van der Waals surface area contributed by atoms with Gasteiger partial charge in [-0.25, -0.2) is 28.8 Å². The average molecular weight is 2060 g/mol. The second-order valence-corrected chi connectivity index (χ2v) is 35.7. The van der Waals surface area contributed by atoms with E-state index in [4.69, 9.17) is 44.0 Å². The van der Waals surface area contributed by atoms with Crippen molar-refractivity contribution < 1.29 is 146 Å². The lowest BCUT2D eigenvalue weighted by atomic mass is 9.82. The Balaban J connectivity index is 0.00000217. The molecule has 0 aliphatic carbocycles. The van der Waals surface area contributed by atoms with E-state index in [-0.39, 0.29) is 52.3 Å². The standard InChI is InChI=1S/2C38H55NO10.C36H52N2O10.CH4/c2*1-5-7-9-12-15-18-31(41)19-16-13-10-11-14-17-20-33(38(46,37(44)45)25-27-48-29(3)40)35(42)39-34(36(43)47-4)28-30-21-23-32(24-22-30)49-26-8-6-2;1-3-5-7-10-13-16-28(39)17-14-11-8-9-12-15-18-30(36(46,34(37)43)23-25-48-35(44)45)32(40)38-31(33(41)42)26-27-19-21-29(22-20-27)47-24-6-4-2;/h2*17,20-24,33-34,46H,5,7,9-16,18-19,25-28H2,1-4H3,(H,39,42)(H,44,45);15,18-22,30-31,46H,3,5,7-14,16-17,23-26H2,1-2H3,(H2,37,43)(H,38,40)(H,41,42)(H,44,45);1H4/b2*20-17+;18-15+;/t2*33-,34+,38+;30-,31+,36+;/m111./s1. The van der Waals surface area contributed by atoms with Crippen LogP contribution in [0.5, 0.6) is 17.2 Å². The van der Waals surface area contributed by atoms with Crippen molar-refractivity contribution in [2.24, 2.45) is 23.5 Å². The summed E-state index contributed by atoms with van der Waals surface area (Å²) in [6.07, 6.45) is 36.6. The number of carboxylic acid groups (broad SMARTS) is 4. The van der Waals surface area contributed by atoms with Crippen molar-refractivity contribution in [1.82, 2.24) is 16.0 Å². The van der Waals surface area contributed by atoms with Gasteiger partial charge in [-0.05, 0) is 151 Å². The average Bonchev–Trinajstić information content (AvgIpc) is 0.809. The van der Waals surface area contributed by atoms with Gasteiger partial charge in [0, 0.05) is 90.9 Å². The number of ketones is 3. The van der Waals surface area contributed by atoms with Gasteiger partial charge in [0.1, 0.15) is 72.5 Å². The van der Waals surface area contributed by atoms with Gasteiger partial charge in [-0.15, -0.1) is 17.8 Å². The number of primary amides is 1. The third-order valence-corrected chi connectivity index (χ3v) is 24.0. The van der Waals surface area contributed by atoms with Crippen LogP contribution in [0.4, 0.5) is 4.79 Å². The predicted molar refractivity (Wildman–Crippen MR) is 558 cm³/mol. The minimum Gasteiger partial charge on any atom is -0.481 e. The summed E-state index contributed by atoms with van der Waals surface area (Å²) in [6, 6.07) is 16.4. The summed E-state index contributed by atoms with van der Waals surface area (Å²) >= 11 is 0. The normalized spacial score (nSPS) is 13.3. The molecule has 818 valence electrons. The zero-order valence-corrected chi connectivity index (χ0v) is 87.4. The van der Waals surface area contributed by atoms with Crippen LogP contribution in [0.2, 0.25) is 0 Å². The SMILES string of the molecule is C.CC#CCOc1ccc(C[C@H](NC(=O)[C@@H](/C=C/CCCCCCC(=O)CCCCCCC)[C@@](O)(CCOC(=O)O)C(N)=O)C(=O)O)cc1.CC#CCOc1ccc(C[C@H](NC(=O)[C@@H](/C=C/CCCCCCC(=O)CCCCCCC)[C@@](O)(CCOC(C)=O)C(=O)O)C(=O)OC)cc1.CC#CCOc1ccc(C[C@H](NC(=O)[C@@H](/C=C/CCCCCCC(=O)CCCCCCC)[C@@](O)(CCOC(C)=O)C(=O)O)C(=O)OC)cc1. The molecule has 3 aromatic carbocycles. The Labute approximate surface area is 869 Å². The first kappa shape index (κ1) is 134. The summed E-state index contributed by atoms with van der Waals surface area (Å²) in [7, 11) is 2.34. The molecule has 147 heavy (non-hydrogen) atoms. The minimum absolute atomic E-state index is 0. The largest absolute Gasteiger partial charge is 0.505 e. The van der Waals surface area contributed by atoms with Crippen molar-refractivity contribution >= 4 is 88.9 Å². The summed E-state index contributed by atoms with van der Waals surface area (Å²) in [6.45, 7) is 13.0. The lowest BCUT2D eigenvalue weighted by Gasteiger charge is -2.31. The summed E-state index contributed by atoms with van der Waals surface area (Å²) in [5, 5.41) is 80.2. The fraction of sp³-hybridized carbons (Fsp3) is 0.602. The van der Waals surface area contributed by atoms with Gasteiger partial charge in [-0.1, -0.05) is 234 Å². The molecule has 4 amide bonds. The fourth-order valence-corrected chi connectivity index (χ4v) is 15.4. The third kappa shape index (κ3) is 60.2. The summed E-state index contributed by atoms with van der Waals surface area (Å²) in [4.78, 5) is 185. The molecular formula is C113H166N4O30. The number of carbonyl (C=O) groups excluding carboxylic acids is 11. The van der Waals surface area contributed by atoms with E-state index in [9.17, 15) is 103 Å². The predicted octanol–water partition coefficient (Wildman–Crippen LogP) is 16.6. The Bertz CT molecular complexity index is 4510. The van der Waals surface area contributed by atoms with Crippen LogP contribution in [-0.4, -0.2) is 213 Å². The number of esters is 4. The van der Waals surface area contributed by atoms with Crippen molar-refractivity contribution in [3.05, 3.63) is 126 Å². The second kappa shape index (κ2) is 81.4. The molecule has 0 aliphatic heterocycles. The Morgan fingerprint density at radius 2 is 0.612 bits per heavy atom. The number of aliphatic carboxylic acids is 3. The molecule has 9 atom stereocenters. The number of rotatable bonds is 78. The number of carboxylic acids is 3. The molecule has 0 saturated heterocycles. The number of hydrogen-bond donors (Lipinski definition) is 11. The van der Waals surface area contributed by atoms with Crippen molar-refractivity contribution in [2.45, 2.75) is 367 Å². The highest BCUT2D eigenvalue weighted by Gasteiger charge is 2.50. The summed E-state index contributed by atoms with van der Waals surface area (Å²) < 4.78 is 40.5. The van der Waals surface area contributed by atoms with Gasteiger partial charge in [-0.3, -0.25) is 43.2 Å². The van der Waals surface area contributed by atoms with E-state index in [1.165, 1.54) is 83.8 Å². The number of nitrogens with one attached hydrogen (secondary N) is 3. The van der Waals surface area contributed by atoms with Crippen LogP contribution < -0.4 is 35.9 Å². The highest BCUT2D eigenvalue weighted by atomic mass is 16.7. The molecule has 3 rings (SSSR count). The van der Waals surface area contributed by atoms with Gasteiger partial charge < -0.3 is 95.3 Å². The van der Waals surface area contributed by atoms with Gasteiger partial charge in [-0.2, -0.15) is 0 Å². The first-order chi connectivity index (χ1) is 69.9. The molecule has 0 heterocycles. The third-order valence-electron chi connectivity index (χ3n) is 24.0. The van der Waals surface area contributed by atoms with Crippen LogP contribution in [-0.2, 0) is 110 Å². The number of aliphatic hydroxyl groups is 3. The molecule has 0 aliphatic rings. The maximum Gasteiger partial charge on any atom is 0.505 e. The van der Waals surface area contributed by atoms with Crippen molar-refractivity contribution in [1.29, 1.82) is 0 Å².